The van der Waals surface area contributed by atoms with Gasteiger partial charge in [0.25, 0.3) is 0 Å². The fraction of sp³-hybridized carbons (Fsp3) is 0.400. The van der Waals surface area contributed by atoms with E-state index in [9.17, 15) is 4.39 Å². The van der Waals surface area contributed by atoms with Crippen molar-refractivity contribution in [3.8, 4) is 0 Å². The van der Waals surface area contributed by atoms with Crippen LogP contribution in [0.5, 0.6) is 0 Å². The van der Waals surface area contributed by atoms with Gasteiger partial charge in [-0.1, -0.05) is 0 Å². The Morgan fingerprint density at radius 3 is 2.19 bits per heavy atom. The molecule has 2 aromatic heterocycles. The molecule has 5 nitrogen and oxygen atoms in total. The second-order valence-corrected chi connectivity index (χ2v) is 5.26. The zero-order valence-electron chi connectivity index (χ0n) is 12.3. The van der Waals surface area contributed by atoms with Gasteiger partial charge in [-0.25, -0.2) is 15.0 Å². The Morgan fingerprint density at radius 2 is 1.57 bits per heavy atom. The average molecular weight is 287 g/mol. The van der Waals surface area contributed by atoms with Crippen LogP contribution in [0, 0.1) is 19.8 Å². The molecule has 0 amide bonds. The summed E-state index contributed by atoms with van der Waals surface area (Å²) < 4.78 is 13.2. The van der Waals surface area contributed by atoms with Gasteiger partial charge < -0.3 is 9.80 Å². The first kappa shape index (κ1) is 13.7. The van der Waals surface area contributed by atoms with Crippen LogP contribution in [-0.2, 0) is 0 Å². The number of hydrogen-bond donors (Lipinski definition) is 0. The van der Waals surface area contributed by atoms with Crippen molar-refractivity contribution in [3.05, 3.63) is 41.7 Å². The number of piperazine rings is 1. The molecule has 0 spiro atoms. The topological polar surface area (TPSA) is 45.2 Å². The molecule has 1 fully saturated rings. The van der Waals surface area contributed by atoms with E-state index >= 15 is 0 Å². The van der Waals surface area contributed by atoms with Crippen molar-refractivity contribution in [2.24, 2.45) is 0 Å². The zero-order valence-corrected chi connectivity index (χ0v) is 12.3. The second-order valence-electron chi connectivity index (χ2n) is 5.26. The van der Waals surface area contributed by atoms with Crippen molar-refractivity contribution in [2.75, 3.05) is 36.0 Å². The van der Waals surface area contributed by atoms with E-state index in [1.807, 2.05) is 26.0 Å². The first-order valence-corrected chi connectivity index (χ1v) is 7.05. The molecule has 6 heteroatoms. The van der Waals surface area contributed by atoms with Gasteiger partial charge in [-0.2, -0.15) is 4.39 Å². The summed E-state index contributed by atoms with van der Waals surface area (Å²) in [6.45, 7) is 7.25. The summed E-state index contributed by atoms with van der Waals surface area (Å²) in [6.07, 6.45) is 1.50. The Balaban J connectivity index is 1.70. The van der Waals surface area contributed by atoms with Crippen molar-refractivity contribution in [1.29, 1.82) is 0 Å². The summed E-state index contributed by atoms with van der Waals surface area (Å²) in [7, 11) is 0. The van der Waals surface area contributed by atoms with E-state index in [1.54, 1.807) is 0 Å². The molecule has 21 heavy (non-hydrogen) atoms. The van der Waals surface area contributed by atoms with Gasteiger partial charge in [0.2, 0.25) is 11.9 Å². The number of aromatic nitrogens is 3. The molecule has 1 saturated heterocycles. The van der Waals surface area contributed by atoms with Gasteiger partial charge in [0.15, 0.2) is 0 Å². The second kappa shape index (κ2) is 5.63. The maximum atomic E-state index is 13.2. The van der Waals surface area contributed by atoms with Gasteiger partial charge in [-0.15, -0.1) is 0 Å². The lowest BCUT2D eigenvalue weighted by Crippen LogP contribution is -2.47. The first-order valence-electron chi connectivity index (χ1n) is 7.05. The van der Waals surface area contributed by atoms with Gasteiger partial charge in [0.1, 0.15) is 0 Å². The van der Waals surface area contributed by atoms with Crippen LogP contribution in [0.4, 0.5) is 16.0 Å². The summed E-state index contributed by atoms with van der Waals surface area (Å²) in [4.78, 5) is 16.9. The lowest BCUT2D eigenvalue weighted by molar-refractivity contribution is 0.579. The molecule has 3 heterocycles. The quantitative estimate of drug-likeness (QED) is 0.790. The van der Waals surface area contributed by atoms with Crippen LogP contribution in [0.15, 0.2) is 24.4 Å². The fourth-order valence-corrected chi connectivity index (χ4v) is 2.60. The minimum absolute atomic E-state index is 0.437. The molecule has 0 atom stereocenters. The molecule has 0 bridgehead atoms. The molecule has 3 rings (SSSR count). The van der Waals surface area contributed by atoms with E-state index in [4.69, 9.17) is 0 Å². The van der Waals surface area contributed by atoms with Crippen molar-refractivity contribution in [2.45, 2.75) is 13.8 Å². The Morgan fingerprint density at radius 1 is 0.952 bits per heavy atom. The monoisotopic (exact) mass is 287 g/mol. The van der Waals surface area contributed by atoms with Crippen LogP contribution < -0.4 is 9.80 Å². The SMILES string of the molecule is Cc1cc(C)nc(N2CCN(c3ccnc(F)c3)CC2)n1. The van der Waals surface area contributed by atoms with Crippen molar-refractivity contribution in [3.63, 3.8) is 0 Å². The Labute approximate surface area is 123 Å². The van der Waals surface area contributed by atoms with Crippen LogP contribution in [0.2, 0.25) is 0 Å². The third-order valence-electron chi connectivity index (χ3n) is 3.61. The van der Waals surface area contributed by atoms with Crippen LogP contribution in [0.1, 0.15) is 11.4 Å². The molecular weight excluding hydrogens is 269 g/mol. The van der Waals surface area contributed by atoms with Gasteiger partial charge in [0.05, 0.1) is 0 Å². The molecule has 0 radical (unpaired) electrons. The fourth-order valence-electron chi connectivity index (χ4n) is 2.60. The predicted molar refractivity (Wildman–Crippen MR) is 80.1 cm³/mol. The van der Waals surface area contributed by atoms with E-state index < -0.39 is 5.95 Å². The first-order chi connectivity index (χ1) is 10.1. The predicted octanol–water partition coefficient (Wildman–Crippen LogP) is 1.95. The standard InChI is InChI=1S/C15H18FN5/c1-11-9-12(2)19-15(18-11)21-7-5-20(6-8-21)13-3-4-17-14(16)10-13/h3-4,9-10H,5-8H2,1-2H3. The maximum absolute atomic E-state index is 13.2. The van der Waals surface area contributed by atoms with Crippen molar-refractivity contribution >= 4 is 11.6 Å². The number of nitrogens with zero attached hydrogens (tertiary/aromatic N) is 5. The summed E-state index contributed by atoms with van der Waals surface area (Å²) in [6, 6.07) is 5.29. The van der Waals surface area contributed by atoms with E-state index in [0.29, 0.717) is 0 Å². The van der Waals surface area contributed by atoms with E-state index in [2.05, 4.69) is 24.8 Å². The van der Waals surface area contributed by atoms with Gasteiger partial charge in [0, 0.05) is 55.5 Å². The van der Waals surface area contributed by atoms with Crippen LogP contribution in [-0.4, -0.2) is 41.1 Å². The number of rotatable bonds is 2. The minimum atomic E-state index is -0.437. The highest BCUT2D eigenvalue weighted by molar-refractivity contribution is 5.47. The Kier molecular flexibility index (Phi) is 3.68. The number of pyridine rings is 1. The molecule has 110 valence electrons. The summed E-state index contributed by atoms with van der Waals surface area (Å²) in [5.41, 5.74) is 2.84. The molecule has 0 saturated carbocycles. The number of anilines is 2. The molecule has 0 unspecified atom stereocenters. The number of aryl methyl sites for hydroxylation is 2. The molecule has 0 aliphatic carbocycles. The van der Waals surface area contributed by atoms with E-state index in [1.165, 1.54) is 12.3 Å². The van der Waals surface area contributed by atoms with E-state index in [0.717, 1.165) is 49.2 Å². The molecule has 1 aliphatic heterocycles. The van der Waals surface area contributed by atoms with Crippen molar-refractivity contribution in [1.82, 2.24) is 15.0 Å². The maximum Gasteiger partial charge on any atom is 0.225 e. The Bertz CT molecular complexity index is 617. The lowest BCUT2D eigenvalue weighted by Gasteiger charge is -2.36. The van der Waals surface area contributed by atoms with Crippen molar-refractivity contribution < 1.29 is 4.39 Å². The summed E-state index contributed by atoms with van der Waals surface area (Å²) >= 11 is 0. The molecule has 0 N–H and O–H groups in total. The summed E-state index contributed by atoms with van der Waals surface area (Å²) in [5.74, 6) is 0.348. The highest BCUT2D eigenvalue weighted by atomic mass is 19.1. The lowest BCUT2D eigenvalue weighted by atomic mass is 10.2. The molecule has 2 aromatic rings. The smallest absolute Gasteiger partial charge is 0.225 e. The number of hydrogen-bond acceptors (Lipinski definition) is 5. The molecule has 1 aliphatic rings. The van der Waals surface area contributed by atoms with Crippen LogP contribution in [0.3, 0.4) is 0 Å². The number of halogens is 1. The largest absolute Gasteiger partial charge is 0.368 e. The zero-order chi connectivity index (χ0) is 14.8. The van der Waals surface area contributed by atoms with Gasteiger partial charge in [-0.05, 0) is 26.0 Å². The minimum Gasteiger partial charge on any atom is -0.368 e. The third kappa shape index (κ3) is 3.09. The molecule has 0 aromatic carbocycles. The molecular formula is C15H18FN5. The highest BCUT2D eigenvalue weighted by Gasteiger charge is 2.20. The normalized spacial score (nSPS) is 15.4. The Hall–Kier alpha value is -2.24. The highest BCUT2D eigenvalue weighted by Crippen LogP contribution is 2.18. The van der Waals surface area contributed by atoms with Gasteiger partial charge >= 0.3 is 0 Å². The van der Waals surface area contributed by atoms with Crippen LogP contribution in [0.25, 0.3) is 0 Å². The van der Waals surface area contributed by atoms with Gasteiger partial charge in [-0.3, -0.25) is 0 Å². The summed E-state index contributed by atoms with van der Waals surface area (Å²) in [5, 5.41) is 0. The average Bonchev–Trinajstić information content (AvgIpc) is 2.46. The van der Waals surface area contributed by atoms with Crippen LogP contribution >= 0.6 is 0 Å². The third-order valence-corrected chi connectivity index (χ3v) is 3.61. The van der Waals surface area contributed by atoms with E-state index in [-0.39, 0.29) is 0 Å².